The first-order valence-corrected chi connectivity index (χ1v) is 24.4. The maximum Gasteiger partial charge on any atom is 0.341 e. The number of aliphatic imine (C=N–C) groups is 1. The van der Waals surface area contributed by atoms with Gasteiger partial charge in [-0.3, -0.25) is 9.79 Å². The third-order valence-corrected chi connectivity index (χ3v) is 16.8. The maximum absolute atomic E-state index is 15.1. The topological polar surface area (TPSA) is 204 Å². The first-order chi connectivity index (χ1) is 30.4. The third-order valence-electron chi connectivity index (χ3n) is 14.5. The number of nitrogens with two attached hydrogens (primary N) is 2. The fraction of sp³-hybridized carbons (Fsp3) is 0.468. The highest BCUT2D eigenvalue weighted by atomic mass is 33.1. The predicted molar refractivity (Wildman–Crippen MR) is 244 cm³/mol. The van der Waals surface area contributed by atoms with Crippen molar-refractivity contribution in [1.29, 1.82) is 0 Å². The molecule has 1 spiro atoms. The Hall–Kier alpha value is -5.03. The fourth-order valence-corrected chi connectivity index (χ4v) is 13.9. The van der Waals surface area contributed by atoms with Crippen molar-refractivity contribution < 1.29 is 28.5 Å². The minimum atomic E-state index is -1.12. The largest absolute Gasteiger partial charge is 0.507 e. The van der Waals surface area contributed by atoms with Crippen molar-refractivity contribution in [3.05, 3.63) is 92.2 Å². The number of aryl methyl sites for hydroxylation is 2. The number of nitrogen functional groups attached to an aromatic ring is 2. The predicted octanol–water partition coefficient (Wildman–Crippen LogP) is 6.56. The van der Waals surface area contributed by atoms with E-state index in [4.69, 9.17) is 40.1 Å². The van der Waals surface area contributed by atoms with Crippen LogP contribution in [0.5, 0.6) is 11.5 Å². The second kappa shape index (κ2) is 15.3. The van der Waals surface area contributed by atoms with Crippen LogP contribution in [0.3, 0.4) is 0 Å². The first kappa shape index (κ1) is 40.7. The van der Waals surface area contributed by atoms with Crippen LogP contribution in [0.1, 0.15) is 73.1 Å². The molecule has 8 atom stereocenters. The number of ether oxygens (including phenoxy) is 3. The number of anilines is 2. The normalized spacial score (nSPS) is 30.7. The molecule has 0 unspecified atom stereocenters. The van der Waals surface area contributed by atoms with E-state index < -0.39 is 23.2 Å². The number of nitrogens with one attached hydrogen (secondary N) is 1. The van der Waals surface area contributed by atoms with Crippen molar-refractivity contribution in [3.8, 4) is 22.8 Å². The summed E-state index contributed by atoms with van der Waals surface area (Å²) in [5, 5.41) is 15.7. The summed E-state index contributed by atoms with van der Waals surface area (Å²) in [6.07, 6.45) is 8.75. The van der Waals surface area contributed by atoms with Gasteiger partial charge in [-0.05, 0) is 101 Å². The maximum atomic E-state index is 15.1. The summed E-state index contributed by atoms with van der Waals surface area (Å²) in [4.78, 5) is 45.0. The Kier molecular flexibility index (Phi) is 9.90. The van der Waals surface area contributed by atoms with E-state index in [1.165, 1.54) is 11.6 Å². The minimum absolute atomic E-state index is 0.000208. The third kappa shape index (κ3) is 6.81. The Labute approximate surface area is 372 Å². The molecule has 12 rings (SSSR count). The van der Waals surface area contributed by atoms with Gasteiger partial charge in [-0.15, -0.1) is 0 Å². The van der Waals surface area contributed by atoms with Gasteiger partial charge in [-0.25, -0.2) is 14.8 Å². The molecular weight excluding hydrogens is 839 g/mol. The number of fused-ring (bicyclic) bond motifs is 9. The van der Waals surface area contributed by atoms with E-state index in [-0.39, 0.29) is 52.0 Å². The molecule has 16 heteroatoms. The first-order valence-electron chi connectivity index (χ1n) is 21.9. The van der Waals surface area contributed by atoms with E-state index in [1.54, 1.807) is 34.6 Å². The van der Waals surface area contributed by atoms with Gasteiger partial charge >= 0.3 is 5.97 Å². The summed E-state index contributed by atoms with van der Waals surface area (Å²) in [6, 6.07) is 9.21. The van der Waals surface area contributed by atoms with Gasteiger partial charge in [-0.2, -0.15) is 0 Å². The molecule has 63 heavy (non-hydrogen) atoms. The zero-order valence-corrected chi connectivity index (χ0v) is 37.2. The number of hydrogen-bond donors (Lipinski definition) is 4. The number of rotatable bonds is 4. The lowest BCUT2D eigenvalue weighted by Gasteiger charge is -2.50. The lowest BCUT2D eigenvalue weighted by Crippen LogP contribution is -2.56. The number of phenolic OH excluding ortho intramolecular Hbond substituents is 1. The molecular formula is C47H51N7O7S2. The molecule has 3 aromatic heterocycles. The number of phenols is 1. The molecule has 6 bridgehead atoms. The zero-order chi connectivity index (χ0) is 43.4. The van der Waals surface area contributed by atoms with Gasteiger partial charge in [0.25, 0.3) is 0 Å². The highest BCUT2D eigenvalue weighted by molar-refractivity contribution is 8.76. The van der Waals surface area contributed by atoms with Crippen molar-refractivity contribution in [1.82, 2.24) is 20.2 Å². The molecule has 10 heterocycles. The summed E-state index contributed by atoms with van der Waals surface area (Å²) in [7, 11) is 5.30. The summed E-state index contributed by atoms with van der Waals surface area (Å²) < 4.78 is 26.6. The number of aromatic nitrogens is 2. The molecule has 4 fully saturated rings. The lowest BCUT2D eigenvalue weighted by atomic mass is 9.61. The Morgan fingerprint density at radius 2 is 1.95 bits per heavy atom. The SMILES string of the molecule is CNC[C@H]1C[C@H]2CC[C@@H]1[C@H]1c3c(cc4oc(C)cc(=O)c4c3O)O[C@@]3(C)CCSSCc4c(cc(CN5C=C6N=CC=C6C5)nc4N)-c4cc(cc(N)n4)CC[C@H]4O[C@]24C(=O)O[C@H]13. The molecule has 3 saturated heterocycles. The molecule has 6 N–H and O–H groups in total. The summed E-state index contributed by atoms with van der Waals surface area (Å²) in [5.74, 6) is 1.95. The number of carbonyl (C=O) groups excluding carboxylic acids is 1. The van der Waals surface area contributed by atoms with Gasteiger partial charge in [0.05, 0.1) is 29.7 Å². The number of allylic oxidation sites excluding steroid dienone is 1. The van der Waals surface area contributed by atoms with Crippen LogP contribution in [0, 0.1) is 24.7 Å². The molecule has 7 aliphatic heterocycles. The quantitative estimate of drug-likeness (QED) is 0.0973. The molecule has 1 saturated carbocycles. The number of nitrogens with zero attached hydrogens (tertiary/aromatic N) is 4. The minimum Gasteiger partial charge on any atom is -0.507 e. The Balaban J connectivity index is 1.00. The van der Waals surface area contributed by atoms with E-state index >= 15 is 4.79 Å². The van der Waals surface area contributed by atoms with E-state index in [2.05, 4.69) is 33.5 Å². The van der Waals surface area contributed by atoms with Gasteiger partial charge in [0, 0.05) is 83.1 Å². The van der Waals surface area contributed by atoms with Crippen molar-refractivity contribution in [2.45, 2.75) is 94.0 Å². The molecule has 1 aromatic carbocycles. The van der Waals surface area contributed by atoms with Gasteiger partial charge in [0.15, 0.2) is 11.0 Å². The second-order valence-electron chi connectivity index (χ2n) is 18.5. The van der Waals surface area contributed by atoms with Crippen LogP contribution in [0.2, 0.25) is 0 Å². The molecule has 14 nitrogen and oxygen atoms in total. The van der Waals surface area contributed by atoms with Crippen molar-refractivity contribution >= 4 is 56.4 Å². The Morgan fingerprint density at radius 1 is 1.08 bits per heavy atom. The molecule has 0 amide bonds. The van der Waals surface area contributed by atoms with Crippen molar-refractivity contribution in [3.63, 3.8) is 0 Å². The molecule has 8 aliphatic rings. The van der Waals surface area contributed by atoms with E-state index in [0.717, 1.165) is 59.6 Å². The van der Waals surface area contributed by atoms with Crippen LogP contribution in [-0.4, -0.2) is 81.5 Å². The lowest BCUT2D eigenvalue weighted by molar-refractivity contribution is -0.174. The van der Waals surface area contributed by atoms with Crippen LogP contribution in [0.15, 0.2) is 68.1 Å². The Morgan fingerprint density at radius 3 is 2.79 bits per heavy atom. The number of hydrogen-bond acceptors (Lipinski definition) is 16. The van der Waals surface area contributed by atoms with Gasteiger partial charge in [0.2, 0.25) is 0 Å². The number of epoxide rings is 1. The van der Waals surface area contributed by atoms with Crippen molar-refractivity contribution in [2.24, 2.45) is 22.7 Å². The zero-order valence-electron chi connectivity index (χ0n) is 35.5. The average Bonchev–Trinajstić information content (AvgIpc) is 3.58. The molecule has 328 valence electrons. The summed E-state index contributed by atoms with van der Waals surface area (Å²) in [6.45, 7) is 5.74. The summed E-state index contributed by atoms with van der Waals surface area (Å²) in [5.41, 5.74) is 18.2. The number of esters is 1. The van der Waals surface area contributed by atoms with Crippen molar-refractivity contribution in [2.75, 3.05) is 37.4 Å². The van der Waals surface area contributed by atoms with E-state index in [1.807, 2.05) is 32.3 Å². The number of benzene rings is 1. The number of pyridine rings is 2. The molecule has 0 radical (unpaired) electrons. The van der Waals surface area contributed by atoms with E-state index in [0.29, 0.717) is 72.6 Å². The molecule has 4 aromatic rings. The fourth-order valence-electron chi connectivity index (χ4n) is 11.6. The van der Waals surface area contributed by atoms with E-state index in [9.17, 15) is 9.90 Å². The van der Waals surface area contributed by atoms with Crippen LogP contribution < -0.4 is 26.9 Å². The summed E-state index contributed by atoms with van der Waals surface area (Å²) >= 11 is 0. The second-order valence-corrected chi connectivity index (χ2v) is 21.0. The monoisotopic (exact) mass is 889 g/mol. The Bertz CT molecular complexity index is 2740. The highest BCUT2D eigenvalue weighted by Crippen LogP contribution is 2.62. The number of aromatic hydroxyl groups is 1. The average molecular weight is 890 g/mol. The van der Waals surface area contributed by atoms with Crippen LogP contribution in [0.25, 0.3) is 22.2 Å². The smallest absolute Gasteiger partial charge is 0.341 e. The van der Waals surface area contributed by atoms with Gasteiger partial charge in [-0.1, -0.05) is 21.6 Å². The number of carbonyl (C=O) groups is 1. The van der Waals surface area contributed by atoms with Crippen LogP contribution >= 0.6 is 21.6 Å². The van der Waals surface area contributed by atoms with Gasteiger partial charge in [0.1, 0.15) is 51.6 Å². The van der Waals surface area contributed by atoms with Crippen LogP contribution in [0.4, 0.5) is 11.6 Å². The highest BCUT2D eigenvalue weighted by Gasteiger charge is 2.71. The van der Waals surface area contributed by atoms with Gasteiger partial charge < -0.3 is 45.4 Å². The molecule has 1 aliphatic carbocycles. The van der Waals surface area contributed by atoms with Crippen LogP contribution in [-0.2, 0) is 33.0 Å². The standard InChI is InChI=1S/C47H51N7O7S2/c1-23-12-34(55)40-35(58-23)17-36-41(42(40)56)39-29-6-5-27(15-26(29)18-50-3)47-37(61-47)7-4-24-13-32(53-38(48)14-24)30-16-28(20-54-19-25-8-10-51-33(25)21-54)52-44(49)31(30)22-63-62-11-9-46(2,60-36)43(39)59-45(47)57/h8,10,12-14,16-17,21,26-27,29,37,39,43,50,56H,4-7,9,11,15,18-20,22H2,1-3H3,(H2,48,53)(H2,49,52)/t26-,27-,29+,37-,39+,43-,46+,47-/m1/s1.